The van der Waals surface area contributed by atoms with E-state index in [1.54, 1.807) is 0 Å². The molecule has 0 aromatic heterocycles. The third-order valence-electron chi connectivity index (χ3n) is 5.76. The third kappa shape index (κ3) is 6.44. The van der Waals surface area contributed by atoms with Crippen molar-refractivity contribution in [2.45, 2.75) is 38.5 Å². The van der Waals surface area contributed by atoms with Crippen LogP contribution in [0, 0.1) is 11.8 Å². The van der Waals surface area contributed by atoms with E-state index in [-0.39, 0.29) is 5.91 Å². The van der Waals surface area contributed by atoms with Gasteiger partial charge in [-0.3, -0.25) is 4.79 Å². The van der Waals surface area contributed by atoms with Crippen molar-refractivity contribution in [3.8, 4) is 0 Å². The van der Waals surface area contributed by atoms with Crippen LogP contribution in [0.4, 0.5) is 0 Å². The number of likely N-dealkylation sites (tertiary alicyclic amines) is 1. The van der Waals surface area contributed by atoms with Crippen LogP contribution >= 0.6 is 0 Å². The van der Waals surface area contributed by atoms with Crippen molar-refractivity contribution in [1.29, 1.82) is 0 Å². The lowest BCUT2D eigenvalue weighted by atomic mass is 9.93. The maximum atomic E-state index is 12.1. The summed E-state index contributed by atoms with van der Waals surface area (Å²) in [6, 6.07) is 10.7. The minimum Gasteiger partial charge on any atom is -0.356 e. The van der Waals surface area contributed by atoms with E-state index in [1.165, 1.54) is 31.4 Å². The van der Waals surface area contributed by atoms with Crippen LogP contribution in [-0.2, 0) is 11.2 Å². The van der Waals surface area contributed by atoms with Crippen molar-refractivity contribution in [1.82, 2.24) is 15.5 Å². The monoisotopic (exact) mass is 343 g/mol. The molecule has 3 rings (SSSR count). The normalized spacial score (nSPS) is 22.2. The lowest BCUT2D eigenvalue weighted by Crippen LogP contribution is -2.32. The summed E-state index contributed by atoms with van der Waals surface area (Å²) in [5.41, 5.74) is 1.41. The highest BCUT2D eigenvalue weighted by Crippen LogP contribution is 2.18. The fraction of sp³-hybridized carbons (Fsp3) is 0.667. The Labute approximate surface area is 152 Å². The first kappa shape index (κ1) is 18.4. The molecular weight excluding hydrogens is 310 g/mol. The molecule has 2 fully saturated rings. The van der Waals surface area contributed by atoms with Gasteiger partial charge in [-0.05, 0) is 69.1 Å². The molecule has 1 aromatic rings. The number of benzene rings is 1. The van der Waals surface area contributed by atoms with Crippen LogP contribution in [0.2, 0.25) is 0 Å². The van der Waals surface area contributed by atoms with Gasteiger partial charge >= 0.3 is 0 Å². The molecule has 0 spiro atoms. The quantitative estimate of drug-likeness (QED) is 0.762. The molecule has 4 heteroatoms. The van der Waals surface area contributed by atoms with Crippen LogP contribution in [0.5, 0.6) is 0 Å². The number of hydrogen-bond acceptors (Lipinski definition) is 3. The van der Waals surface area contributed by atoms with E-state index in [4.69, 9.17) is 0 Å². The fourth-order valence-electron chi connectivity index (χ4n) is 4.07. The highest BCUT2D eigenvalue weighted by Gasteiger charge is 2.22. The Morgan fingerprint density at radius 2 is 1.92 bits per heavy atom. The van der Waals surface area contributed by atoms with Gasteiger partial charge in [0.25, 0.3) is 0 Å². The van der Waals surface area contributed by atoms with E-state index in [1.807, 2.05) is 0 Å². The molecule has 2 heterocycles. The lowest BCUT2D eigenvalue weighted by Gasteiger charge is -2.22. The van der Waals surface area contributed by atoms with Crippen molar-refractivity contribution in [2.24, 2.45) is 11.8 Å². The van der Waals surface area contributed by atoms with Crippen LogP contribution in [0.25, 0.3) is 0 Å². The van der Waals surface area contributed by atoms with Crippen LogP contribution in [0.1, 0.15) is 37.7 Å². The number of carbonyl (C=O) groups is 1. The molecule has 0 aliphatic carbocycles. The largest absolute Gasteiger partial charge is 0.356 e. The zero-order chi connectivity index (χ0) is 17.3. The zero-order valence-corrected chi connectivity index (χ0v) is 15.4. The van der Waals surface area contributed by atoms with Crippen LogP contribution < -0.4 is 10.6 Å². The Balaban J connectivity index is 1.27. The molecule has 138 valence electrons. The van der Waals surface area contributed by atoms with Gasteiger partial charge in [-0.15, -0.1) is 0 Å². The Hall–Kier alpha value is -1.39. The van der Waals surface area contributed by atoms with Crippen LogP contribution in [-0.4, -0.2) is 50.1 Å². The zero-order valence-electron chi connectivity index (χ0n) is 15.4. The summed E-state index contributed by atoms with van der Waals surface area (Å²) in [5.74, 6) is 1.62. The average molecular weight is 344 g/mol. The minimum absolute atomic E-state index is 0.251. The van der Waals surface area contributed by atoms with Crippen LogP contribution in [0.15, 0.2) is 30.3 Å². The number of piperidine rings is 1. The van der Waals surface area contributed by atoms with E-state index < -0.39 is 0 Å². The van der Waals surface area contributed by atoms with Gasteiger partial charge in [0, 0.05) is 26.1 Å². The molecule has 2 aliphatic rings. The smallest absolute Gasteiger partial charge is 0.220 e. The summed E-state index contributed by atoms with van der Waals surface area (Å²) in [7, 11) is 0. The summed E-state index contributed by atoms with van der Waals surface area (Å²) in [5, 5.41) is 6.56. The van der Waals surface area contributed by atoms with Crippen molar-refractivity contribution < 1.29 is 4.79 Å². The number of carbonyl (C=O) groups excluding carboxylic acids is 1. The van der Waals surface area contributed by atoms with Gasteiger partial charge in [0.15, 0.2) is 0 Å². The molecule has 1 atom stereocenters. The Kier molecular flexibility index (Phi) is 7.31. The van der Waals surface area contributed by atoms with E-state index >= 15 is 0 Å². The number of nitrogens with zero attached hydrogens (tertiary/aromatic N) is 1. The maximum Gasteiger partial charge on any atom is 0.220 e. The highest BCUT2D eigenvalue weighted by atomic mass is 16.1. The fourth-order valence-corrected chi connectivity index (χ4v) is 4.07. The minimum atomic E-state index is 0.251. The molecule has 4 nitrogen and oxygen atoms in total. The first-order valence-corrected chi connectivity index (χ1v) is 10.0. The second kappa shape index (κ2) is 9.93. The summed E-state index contributed by atoms with van der Waals surface area (Å²) >= 11 is 0. The van der Waals surface area contributed by atoms with Gasteiger partial charge in [-0.25, -0.2) is 0 Å². The number of hydrogen-bond donors (Lipinski definition) is 2. The SMILES string of the molecule is O=C(CCC1CCNCC1)NCC1CCN(CCc2ccccc2)C1. The molecule has 1 amide bonds. The lowest BCUT2D eigenvalue weighted by molar-refractivity contribution is -0.121. The van der Waals surface area contributed by atoms with E-state index in [0.717, 1.165) is 51.5 Å². The molecule has 2 aliphatic heterocycles. The predicted octanol–water partition coefficient (Wildman–Crippen LogP) is 2.45. The van der Waals surface area contributed by atoms with Gasteiger partial charge < -0.3 is 15.5 Å². The molecule has 25 heavy (non-hydrogen) atoms. The molecule has 2 saturated heterocycles. The Morgan fingerprint density at radius 3 is 2.72 bits per heavy atom. The number of rotatable bonds is 8. The second-order valence-electron chi connectivity index (χ2n) is 7.73. The van der Waals surface area contributed by atoms with E-state index in [2.05, 4.69) is 45.9 Å². The second-order valence-corrected chi connectivity index (χ2v) is 7.73. The summed E-state index contributed by atoms with van der Waals surface area (Å²) < 4.78 is 0. The van der Waals surface area contributed by atoms with Gasteiger partial charge in [0.2, 0.25) is 5.91 Å². The molecule has 2 N–H and O–H groups in total. The number of amides is 1. The molecule has 0 radical (unpaired) electrons. The third-order valence-corrected chi connectivity index (χ3v) is 5.76. The van der Waals surface area contributed by atoms with Crippen molar-refractivity contribution in [2.75, 3.05) is 39.3 Å². The molecule has 0 saturated carbocycles. The predicted molar refractivity (Wildman–Crippen MR) is 103 cm³/mol. The molecule has 0 bridgehead atoms. The Bertz CT molecular complexity index is 513. The van der Waals surface area contributed by atoms with Crippen molar-refractivity contribution >= 4 is 5.91 Å². The highest BCUT2D eigenvalue weighted by molar-refractivity contribution is 5.75. The van der Waals surface area contributed by atoms with Gasteiger partial charge in [-0.1, -0.05) is 30.3 Å². The molecule has 1 unspecified atom stereocenters. The Morgan fingerprint density at radius 1 is 1.12 bits per heavy atom. The topological polar surface area (TPSA) is 44.4 Å². The number of nitrogens with one attached hydrogen (secondary N) is 2. The first-order valence-electron chi connectivity index (χ1n) is 10.0. The summed E-state index contributed by atoms with van der Waals surface area (Å²) in [6.07, 6.45) is 6.55. The molecular formula is C21H33N3O. The standard InChI is InChI=1S/C21H33N3O/c25-21(7-6-19-8-12-22-13-9-19)23-16-20-11-15-24(17-20)14-10-18-4-2-1-3-5-18/h1-5,19-20,22H,6-17H2,(H,23,25). The summed E-state index contributed by atoms with van der Waals surface area (Å²) in [4.78, 5) is 14.6. The van der Waals surface area contributed by atoms with Gasteiger partial charge in [-0.2, -0.15) is 0 Å². The first-order chi connectivity index (χ1) is 12.3. The maximum absolute atomic E-state index is 12.1. The van der Waals surface area contributed by atoms with Gasteiger partial charge in [0.05, 0.1) is 0 Å². The van der Waals surface area contributed by atoms with E-state index in [0.29, 0.717) is 12.3 Å². The van der Waals surface area contributed by atoms with E-state index in [9.17, 15) is 4.79 Å². The van der Waals surface area contributed by atoms with Crippen molar-refractivity contribution in [3.63, 3.8) is 0 Å². The van der Waals surface area contributed by atoms with Gasteiger partial charge in [0.1, 0.15) is 0 Å². The average Bonchev–Trinajstić information content (AvgIpc) is 3.13. The van der Waals surface area contributed by atoms with Crippen LogP contribution in [0.3, 0.4) is 0 Å². The van der Waals surface area contributed by atoms with Crippen molar-refractivity contribution in [3.05, 3.63) is 35.9 Å². The molecule has 1 aromatic carbocycles. The summed E-state index contributed by atoms with van der Waals surface area (Å²) in [6.45, 7) is 6.52.